The molecule has 2 N–H and O–H groups in total. The summed E-state index contributed by atoms with van der Waals surface area (Å²) in [5.74, 6) is 0.183. The van der Waals surface area contributed by atoms with Crippen LogP contribution in [-0.4, -0.2) is 10.2 Å². The van der Waals surface area contributed by atoms with Crippen LogP contribution in [0.25, 0.3) is 0 Å². The molecule has 2 aromatic rings. The van der Waals surface area contributed by atoms with Gasteiger partial charge in [-0.25, -0.2) is 0 Å². The zero-order valence-electron chi connectivity index (χ0n) is 8.82. The highest BCUT2D eigenvalue weighted by Gasteiger charge is 2.10. The van der Waals surface area contributed by atoms with Gasteiger partial charge in [-0.05, 0) is 23.8 Å². The maximum Gasteiger partial charge on any atom is 0.137 e. The Hall–Kier alpha value is -1.38. The average molecular weight is 269 g/mol. The number of benzene rings is 2. The van der Waals surface area contributed by atoms with E-state index in [1.54, 1.807) is 24.3 Å². The van der Waals surface area contributed by atoms with E-state index < -0.39 is 0 Å². The molecule has 0 saturated carbocycles. The Morgan fingerprint density at radius 1 is 0.941 bits per heavy atom. The molecule has 2 nitrogen and oxygen atoms in total. The van der Waals surface area contributed by atoms with Crippen LogP contribution in [0.1, 0.15) is 11.1 Å². The van der Waals surface area contributed by atoms with E-state index in [-0.39, 0.29) is 16.5 Å². The first-order valence-corrected chi connectivity index (χ1v) is 5.77. The second-order valence-electron chi connectivity index (χ2n) is 3.70. The number of halogens is 2. The summed E-state index contributed by atoms with van der Waals surface area (Å²) < 4.78 is 0. The molecule has 17 heavy (non-hydrogen) atoms. The van der Waals surface area contributed by atoms with Gasteiger partial charge >= 0.3 is 0 Å². The van der Waals surface area contributed by atoms with Gasteiger partial charge in [0, 0.05) is 17.0 Å². The van der Waals surface area contributed by atoms with E-state index in [1.807, 2.05) is 6.07 Å². The van der Waals surface area contributed by atoms with Gasteiger partial charge in [0.15, 0.2) is 0 Å². The van der Waals surface area contributed by atoms with Crippen LogP contribution in [0.2, 0.25) is 10.0 Å². The average Bonchev–Trinajstić information content (AvgIpc) is 2.28. The molecule has 0 amide bonds. The van der Waals surface area contributed by atoms with Gasteiger partial charge in [0.25, 0.3) is 0 Å². The maximum atomic E-state index is 9.80. The van der Waals surface area contributed by atoms with Crippen LogP contribution in [-0.2, 0) is 6.42 Å². The highest BCUT2D eigenvalue weighted by molar-refractivity contribution is 6.35. The lowest BCUT2D eigenvalue weighted by molar-refractivity contribution is 0.463. The Labute approximate surface area is 109 Å². The van der Waals surface area contributed by atoms with Gasteiger partial charge in [-0.1, -0.05) is 41.4 Å². The zero-order chi connectivity index (χ0) is 12.4. The number of hydrogen-bond acceptors (Lipinski definition) is 2. The standard InChI is InChI=1S/C13H10Cl2O2/c14-10-6-9(13(17)11(15)7-10)5-8-3-1-2-4-12(8)16/h1-4,6-7,16-17H,5H2. The summed E-state index contributed by atoms with van der Waals surface area (Å²) in [7, 11) is 0. The Morgan fingerprint density at radius 2 is 1.65 bits per heavy atom. The lowest BCUT2D eigenvalue weighted by Gasteiger charge is -2.08. The van der Waals surface area contributed by atoms with Crippen molar-refractivity contribution in [3.63, 3.8) is 0 Å². The van der Waals surface area contributed by atoms with Crippen LogP contribution >= 0.6 is 23.2 Å². The quantitative estimate of drug-likeness (QED) is 0.865. The maximum absolute atomic E-state index is 9.80. The van der Waals surface area contributed by atoms with E-state index in [0.717, 1.165) is 0 Å². The number of phenolic OH excluding ortho intramolecular Hbond substituents is 2. The largest absolute Gasteiger partial charge is 0.508 e. The predicted octanol–water partition coefficient (Wildman–Crippen LogP) is 4.00. The first-order valence-electron chi connectivity index (χ1n) is 5.01. The van der Waals surface area contributed by atoms with Crippen molar-refractivity contribution in [2.24, 2.45) is 0 Å². The number of phenols is 2. The molecular formula is C13H10Cl2O2. The van der Waals surface area contributed by atoms with Crippen molar-refractivity contribution in [3.05, 3.63) is 57.6 Å². The van der Waals surface area contributed by atoms with E-state index in [2.05, 4.69) is 0 Å². The smallest absolute Gasteiger partial charge is 0.137 e. The van der Waals surface area contributed by atoms with Crippen molar-refractivity contribution in [1.82, 2.24) is 0 Å². The molecule has 88 valence electrons. The molecule has 0 aliphatic heterocycles. The molecule has 0 aromatic heterocycles. The minimum absolute atomic E-state index is 0.000630. The molecule has 0 unspecified atom stereocenters. The monoisotopic (exact) mass is 268 g/mol. The van der Waals surface area contributed by atoms with E-state index in [9.17, 15) is 10.2 Å². The molecule has 0 spiro atoms. The van der Waals surface area contributed by atoms with Crippen LogP contribution in [0, 0.1) is 0 Å². The summed E-state index contributed by atoms with van der Waals surface area (Å²) in [6.45, 7) is 0. The number of rotatable bonds is 2. The lowest BCUT2D eigenvalue weighted by atomic mass is 10.0. The van der Waals surface area contributed by atoms with Crippen molar-refractivity contribution in [3.8, 4) is 11.5 Å². The Bertz CT molecular complexity index is 553. The molecule has 2 aromatic carbocycles. The van der Waals surface area contributed by atoms with Gasteiger partial charge in [0.1, 0.15) is 11.5 Å². The third-order valence-corrected chi connectivity index (χ3v) is 2.99. The van der Waals surface area contributed by atoms with Crippen LogP contribution in [0.15, 0.2) is 36.4 Å². The summed E-state index contributed by atoms with van der Waals surface area (Å²) in [5.41, 5.74) is 1.30. The van der Waals surface area contributed by atoms with Crippen LogP contribution in [0.4, 0.5) is 0 Å². The fourth-order valence-electron chi connectivity index (χ4n) is 1.62. The molecule has 0 radical (unpaired) electrons. The van der Waals surface area contributed by atoms with E-state index in [0.29, 0.717) is 22.6 Å². The molecule has 0 bridgehead atoms. The van der Waals surface area contributed by atoms with E-state index in [4.69, 9.17) is 23.2 Å². The third-order valence-electron chi connectivity index (χ3n) is 2.48. The van der Waals surface area contributed by atoms with Crippen molar-refractivity contribution >= 4 is 23.2 Å². The Kier molecular flexibility index (Phi) is 3.46. The van der Waals surface area contributed by atoms with Gasteiger partial charge in [0.05, 0.1) is 5.02 Å². The highest BCUT2D eigenvalue weighted by Crippen LogP contribution is 2.33. The topological polar surface area (TPSA) is 40.5 Å². The molecular weight excluding hydrogens is 259 g/mol. The summed E-state index contributed by atoms with van der Waals surface area (Å²) >= 11 is 11.7. The summed E-state index contributed by atoms with van der Waals surface area (Å²) in [6, 6.07) is 10.0. The van der Waals surface area contributed by atoms with E-state index >= 15 is 0 Å². The molecule has 0 fully saturated rings. The highest BCUT2D eigenvalue weighted by atomic mass is 35.5. The van der Waals surface area contributed by atoms with Crippen molar-refractivity contribution in [1.29, 1.82) is 0 Å². The van der Waals surface area contributed by atoms with Crippen molar-refractivity contribution in [2.75, 3.05) is 0 Å². The minimum Gasteiger partial charge on any atom is -0.508 e. The van der Waals surface area contributed by atoms with Gasteiger partial charge in [-0.3, -0.25) is 0 Å². The van der Waals surface area contributed by atoms with Gasteiger partial charge in [-0.2, -0.15) is 0 Å². The summed E-state index contributed by atoms with van der Waals surface area (Å²) in [5, 5.41) is 20.1. The molecule has 0 atom stereocenters. The fourth-order valence-corrected chi connectivity index (χ4v) is 2.16. The van der Waals surface area contributed by atoms with Gasteiger partial charge < -0.3 is 10.2 Å². The van der Waals surface area contributed by atoms with Gasteiger partial charge in [0.2, 0.25) is 0 Å². The number of hydrogen-bond donors (Lipinski definition) is 2. The van der Waals surface area contributed by atoms with Crippen molar-refractivity contribution in [2.45, 2.75) is 6.42 Å². The zero-order valence-corrected chi connectivity index (χ0v) is 10.3. The van der Waals surface area contributed by atoms with E-state index in [1.165, 1.54) is 6.07 Å². The second-order valence-corrected chi connectivity index (χ2v) is 4.54. The minimum atomic E-state index is -0.000630. The van der Waals surface area contributed by atoms with Crippen molar-refractivity contribution < 1.29 is 10.2 Å². The Morgan fingerprint density at radius 3 is 2.35 bits per heavy atom. The molecule has 0 heterocycles. The van der Waals surface area contributed by atoms with Crippen LogP contribution in [0.3, 0.4) is 0 Å². The third kappa shape index (κ3) is 2.65. The molecule has 2 rings (SSSR count). The lowest BCUT2D eigenvalue weighted by Crippen LogP contribution is -1.90. The molecule has 0 aliphatic rings. The molecule has 4 heteroatoms. The summed E-state index contributed by atoms with van der Waals surface area (Å²) in [4.78, 5) is 0. The Balaban J connectivity index is 2.40. The normalized spacial score (nSPS) is 10.5. The predicted molar refractivity (Wildman–Crippen MR) is 69.0 cm³/mol. The summed E-state index contributed by atoms with van der Waals surface area (Å²) in [6.07, 6.45) is 0.374. The fraction of sp³-hybridized carbons (Fsp3) is 0.0769. The molecule has 0 aliphatic carbocycles. The van der Waals surface area contributed by atoms with Crippen LogP contribution in [0.5, 0.6) is 11.5 Å². The first kappa shape index (κ1) is 12.1. The second kappa shape index (κ2) is 4.86. The number of aromatic hydroxyl groups is 2. The molecule has 0 saturated heterocycles. The van der Waals surface area contributed by atoms with Gasteiger partial charge in [-0.15, -0.1) is 0 Å². The SMILES string of the molecule is Oc1ccccc1Cc1cc(Cl)cc(Cl)c1O. The number of para-hydroxylation sites is 1. The first-order chi connectivity index (χ1) is 8.08. The van der Waals surface area contributed by atoms with Crippen LogP contribution < -0.4 is 0 Å².